The molecular formula is C27H45N5O4. The minimum atomic E-state index is -0.512. The van der Waals surface area contributed by atoms with Gasteiger partial charge in [0.1, 0.15) is 18.3 Å². The second-order valence-corrected chi connectivity index (χ2v) is 9.78. The molecule has 0 saturated heterocycles. The molecule has 0 aromatic carbocycles. The molecule has 0 radical (unpaired) electrons. The molecule has 3 N–H and O–H groups in total. The van der Waals surface area contributed by atoms with Crippen molar-refractivity contribution in [3.05, 3.63) is 16.7 Å². The fourth-order valence-electron chi connectivity index (χ4n) is 4.36. The largest absolute Gasteiger partial charge is 0.369 e. The van der Waals surface area contributed by atoms with E-state index >= 15 is 0 Å². The molecule has 0 aliphatic rings. The lowest BCUT2D eigenvalue weighted by atomic mass is 10.00. The summed E-state index contributed by atoms with van der Waals surface area (Å²) in [6, 6.07) is 0. The van der Waals surface area contributed by atoms with Crippen molar-refractivity contribution in [3.63, 3.8) is 0 Å². The number of ether oxygens (including phenoxy) is 1. The number of imidazole rings is 1. The number of carbonyl (C=O) groups excluding carboxylic acids is 2. The second-order valence-electron chi connectivity index (χ2n) is 9.78. The van der Waals surface area contributed by atoms with Gasteiger partial charge in [-0.2, -0.15) is 4.98 Å². The van der Waals surface area contributed by atoms with Crippen LogP contribution < -0.4 is 11.3 Å². The smallest absolute Gasteiger partial charge is 0.280 e. The van der Waals surface area contributed by atoms with Gasteiger partial charge in [-0.15, -0.1) is 0 Å². The first-order chi connectivity index (χ1) is 17.4. The lowest BCUT2D eigenvalue weighted by molar-refractivity contribution is -0.127. The molecule has 0 fully saturated rings. The Bertz CT molecular complexity index is 954. The lowest BCUT2D eigenvalue weighted by Crippen LogP contribution is -2.23. The third kappa shape index (κ3) is 11.0. The Morgan fingerprint density at radius 3 is 2.00 bits per heavy atom. The Balaban J connectivity index is 1.91. The number of unbranched alkanes of at least 4 members (excludes halogenated alkanes) is 10. The lowest BCUT2D eigenvalue weighted by Gasteiger charge is -2.17. The van der Waals surface area contributed by atoms with E-state index in [4.69, 9.17) is 10.5 Å². The molecule has 2 rings (SSSR count). The number of nitrogens with zero attached hydrogens (tertiary/aromatic N) is 3. The van der Waals surface area contributed by atoms with E-state index in [-0.39, 0.29) is 42.6 Å². The molecule has 0 spiro atoms. The van der Waals surface area contributed by atoms with Crippen LogP contribution in [0.3, 0.4) is 0 Å². The molecule has 202 valence electrons. The van der Waals surface area contributed by atoms with Gasteiger partial charge < -0.3 is 10.5 Å². The van der Waals surface area contributed by atoms with Crippen molar-refractivity contribution in [2.45, 2.75) is 129 Å². The number of rotatable bonds is 21. The zero-order valence-corrected chi connectivity index (χ0v) is 22.2. The van der Waals surface area contributed by atoms with Crippen molar-refractivity contribution in [2.75, 3.05) is 5.73 Å². The van der Waals surface area contributed by atoms with Gasteiger partial charge in [0.15, 0.2) is 11.2 Å². The zero-order valence-electron chi connectivity index (χ0n) is 22.2. The first-order valence-corrected chi connectivity index (χ1v) is 13.8. The van der Waals surface area contributed by atoms with Crippen LogP contribution in [0.5, 0.6) is 0 Å². The average Bonchev–Trinajstić information content (AvgIpc) is 3.25. The van der Waals surface area contributed by atoms with Crippen LogP contribution in [0.2, 0.25) is 0 Å². The van der Waals surface area contributed by atoms with Crippen LogP contribution >= 0.6 is 0 Å². The summed E-state index contributed by atoms with van der Waals surface area (Å²) in [6.45, 7) is 4.41. The van der Waals surface area contributed by atoms with Gasteiger partial charge in [0.2, 0.25) is 5.95 Å². The number of aromatic nitrogens is 4. The second kappa shape index (κ2) is 17.0. The Labute approximate surface area is 214 Å². The summed E-state index contributed by atoms with van der Waals surface area (Å²) in [5.41, 5.74) is 5.73. The number of anilines is 1. The molecule has 0 unspecified atom stereocenters. The van der Waals surface area contributed by atoms with Crippen molar-refractivity contribution in [3.8, 4) is 0 Å². The maximum absolute atomic E-state index is 12.7. The Morgan fingerprint density at radius 1 is 0.917 bits per heavy atom. The Morgan fingerprint density at radius 2 is 1.44 bits per heavy atom. The summed E-state index contributed by atoms with van der Waals surface area (Å²) < 4.78 is 7.60. The molecule has 0 saturated carbocycles. The summed E-state index contributed by atoms with van der Waals surface area (Å²) in [7, 11) is 0. The highest BCUT2D eigenvalue weighted by Crippen LogP contribution is 2.16. The molecule has 0 aliphatic carbocycles. The maximum atomic E-state index is 12.7. The molecule has 2 heterocycles. The van der Waals surface area contributed by atoms with Crippen LogP contribution in [0, 0.1) is 0 Å². The first-order valence-electron chi connectivity index (χ1n) is 13.8. The number of ketones is 2. The molecule has 2 aromatic heterocycles. The SMILES string of the molecule is CCCCCCCCC(=O)CC(CC(=O)CCCCCCCC)OCn1cnc2c(=O)[nH]c(N)nc21. The summed E-state index contributed by atoms with van der Waals surface area (Å²) in [6.07, 6.45) is 15.8. The molecule has 9 nitrogen and oxygen atoms in total. The molecule has 0 bridgehead atoms. The van der Waals surface area contributed by atoms with Gasteiger partial charge in [-0.3, -0.25) is 23.9 Å². The summed E-state index contributed by atoms with van der Waals surface area (Å²) >= 11 is 0. The van der Waals surface area contributed by atoms with Crippen LogP contribution in [0.15, 0.2) is 11.1 Å². The minimum Gasteiger partial charge on any atom is -0.369 e. The number of carbonyl (C=O) groups is 2. The van der Waals surface area contributed by atoms with Crippen LogP contribution in [-0.2, 0) is 21.1 Å². The van der Waals surface area contributed by atoms with Crippen molar-refractivity contribution in [1.82, 2.24) is 19.5 Å². The van der Waals surface area contributed by atoms with Crippen molar-refractivity contribution < 1.29 is 14.3 Å². The highest BCUT2D eigenvalue weighted by atomic mass is 16.5. The molecule has 0 aliphatic heterocycles. The predicted molar refractivity (Wildman–Crippen MR) is 143 cm³/mol. The van der Waals surface area contributed by atoms with Gasteiger partial charge >= 0.3 is 0 Å². The quantitative estimate of drug-likeness (QED) is 0.216. The highest BCUT2D eigenvalue weighted by molar-refractivity contribution is 5.82. The summed E-state index contributed by atoms with van der Waals surface area (Å²) in [5, 5.41) is 0. The molecule has 2 aromatic rings. The number of Topliss-reactive ketones (excluding diaryl/α,β-unsaturated/α-hetero) is 2. The fourth-order valence-corrected chi connectivity index (χ4v) is 4.36. The van der Waals surface area contributed by atoms with Crippen molar-refractivity contribution in [2.24, 2.45) is 0 Å². The standard InChI is InChI=1S/C27H45N5O4/c1-3-5-7-9-11-13-15-21(33)17-23(18-22(34)16-14-12-10-8-6-4-2)36-20-32-19-29-24-25(32)30-27(28)31-26(24)35/h19,23H,3-18,20H2,1-2H3,(H3,28,30,31,35). The maximum Gasteiger partial charge on any atom is 0.280 e. The van der Waals surface area contributed by atoms with E-state index in [9.17, 15) is 14.4 Å². The number of nitrogen functional groups attached to an aromatic ring is 1. The number of aromatic amines is 1. The van der Waals surface area contributed by atoms with Gasteiger partial charge in [0, 0.05) is 25.7 Å². The van der Waals surface area contributed by atoms with Gasteiger partial charge in [0.25, 0.3) is 5.56 Å². The number of H-pyrrole nitrogens is 1. The zero-order chi connectivity index (χ0) is 26.2. The van der Waals surface area contributed by atoms with E-state index in [1.54, 1.807) is 4.57 Å². The number of nitrogens with one attached hydrogen (secondary N) is 1. The molecule has 0 amide bonds. The summed E-state index contributed by atoms with van der Waals surface area (Å²) in [4.78, 5) is 48.0. The third-order valence-corrected chi connectivity index (χ3v) is 6.47. The highest BCUT2D eigenvalue weighted by Gasteiger charge is 2.19. The van der Waals surface area contributed by atoms with Gasteiger partial charge in [-0.25, -0.2) is 4.98 Å². The monoisotopic (exact) mass is 503 g/mol. The van der Waals surface area contributed by atoms with E-state index in [0.29, 0.717) is 18.5 Å². The van der Waals surface area contributed by atoms with Gasteiger partial charge in [-0.05, 0) is 12.8 Å². The number of hydrogen-bond donors (Lipinski definition) is 2. The van der Waals surface area contributed by atoms with Gasteiger partial charge in [0.05, 0.1) is 12.4 Å². The van der Waals surface area contributed by atoms with Crippen molar-refractivity contribution in [1.29, 1.82) is 0 Å². The Kier molecular flexibility index (Phi) is 14.0. The van der Waals surface area contributed by atoms with Crippen LogP contribution in [0.1, 0.15) is 117 Å². The topological polar surface area (TPSA) is 133 Å². The molecular weight excluding hydrogens is 458 g/mol. The minimum absolute atomic E-state index is 0.00553. The van der Waals surface area contributed by atoms with E-state index < -0.39 is 11.7 Å². The van der Waals surface area contributed by atoms with E-state index in [0.717, 1.165) is 38.5 Å². The normalized spacial score (nSPS) is 11.5. The number of hydrogen-bond acceptors (Lipinski definition) is 7. The van der Waals surface area contributed by atoms with E-state index in [1.165, 1.54) is 44.9 Å². The summed E-state index contributed by atoms with van der Waals surface area (Å²) in [5.74, 6) is 0.239. The third-order valence-electron chi connectivity index (χ3n) is 6.47. The molecule has 0 atom stereocenters. The molecule has 9 heteroatoms. The molecule has 36 heavy (non-hydrogen) atoms. The van der Waals surface area contributed by atoms with Crippen molar-refractivity contribution >= 4 is 28.7 Å². The Hall–Kier alpha value is -2.55. The average molecular weight is 504 g/mol. The predicted octanol–water partition coefficient (Wildman–Crippen LogP) is 5.46. The van der Waals surface area contributed by atoms with Crippen LogP contribution in [0.25, 0.3) is 11.2 Å². The van der Waals surface area contributed by atoms with E-state index in [1.807, 2.05) is 0 Å². The van der Waals surface area contributed by atoms with Crippen LogP contribution in [0.4, 0.5) is 5.95 Å². The fraction of sp³-hybridized carbons (Fsp3) is 0.741. The van der Waals surface area contributed by atoms with Gasteiger partial charge in [-0.1, -0.05) is 78.1 Å². The number of nitrogens with two attached hydrogens (primary N) is 1. The first kappa shape index (κ1) is 29.7. The van der Waals surface area contributed by atoms with Crippen LogP contribution in [-0.4, -0.2) is 37.2 Å². The van der Waals surface area contributed by atoms with E-state index in [2.05, 4.69) is 28.8 Å². The number of fused-ring (bicyclic) bond motifs is 1.